The van der Waals surface area contributed by atoms with Gasteiger partial charge in [0.05, 0.1) is 18.0 Å². The highest BCUT2D eigenvalue weighted by Crippen LogP contribution is 2.27. The molecule has 3 rings (SSSR count). The van der Waals surface area contributed by atoms with Gasteiger partial charge in [0.25, 0.3) is 0 Å². The first-order valence-electron chi connectivity index (χ1n) is 9.08. The highest BCUT2D eigenvalue weighted by atomic mass is 32.2. The molecule has 1 aromatic carbocycles. The lowest BCUT2D eigenvalue weighted by Gasteiger charge is -2.14. The van der Waals surface area contributed by atoms with Crippen LogP contribution in [-0.4, -0.2) is 41.2 Å². The van der Waals surface area contributed by atoms with Crippen LogP contribution >= 0.6 is 11.3 Å². The van der Waals surface area contributed by atoms with Crippen LogP contribution in [0.2, 0.25) is 0 Å². The maximum absolute atomic E-state index is 12.4. The van der Waals surface area contributed by atoms with E-state index in [1.807, 2.05) is 32.9 Å². The number of H-pyrrole nitrogens is 1. The van der Waals surface area contributed by atoms with E-state index < -0.39 is 15.9 Å². The lowest BCUT2D eigenvalue weighted by Crippen LogP contribution is -2.20. The molecule has 0 aliphatic rings. The van der Waals surface area contributed by atoms with Crippen LogP contribution in [0.15, 0.2) is 35.9 Å². The van der Waals surface area contributed by atoms with Gasteiger partial charge in [-0.2, -0.15) is 0 Å². The number of aryl methyl sites for hydroxylation is 1. The van der Waals surface area contributed by atoms with Crippen molar-refractivity contribution in [2.45, 2.75) is 31.7 Å². The number of urea groups is 1. The Hall–Kier alpha value is -2.99. The molecule has 0 aliphatic carbocycles. The Balaban J connectivity index is 1.64. The maximum Gasteiger partial charge on any atom is 0.325 e. The Morgan fingerprint density at radius 1 is 1.30 bits per heavy atom. The minimum Gasteiger partial charge on any atom is -0.491 e. The summed E-state index contributed by atoms with van der Waals surface area (Å²) in [6, 6.07) is 4.98. The second-order valence-corrected chi connectivity index (χ2v) is 9.99. The molecule has 0 radical (unpaired) electrons. The molecular weight excluding hydrogens is 428 g/mol. The standard InChI is InChI=1S/C18H22N6O4S2/c1-11(2)8-28-15-6-12(3)4-5-14(15)22-16(25)23-17-19-7-13(29-17)9-30(26,27)18-20-10-21-24-18/h4-7,10-11H,8-9H2,1-3H3,(H,20,21,24)(H2,19,22,23,25). The molecule has 0 fully saturated rings. The first-order chi connectivity index (χ1) is 14.2. The number of rotatable bonds is 8. The molecule has 0 aliphatic heterocycles. The van der Waals surface area contributed by atoms with Crippen molar-refractivity contribution in [1.29, 1.82) is 0 Å². The SMILES string of the molecule is Cc1ccc(NC(=O)Nc2ncc(CS(=O)(=O)c3nnc[nH]3)s2)c(OCC(C)C)c1. The fourth-order valence-corrected chi connectivity index (χ4v) is 4.69. The van der Waals surface area contributed by atoms with Gasteiger partial charge in [-0.3, -0.25) is 5.32 Å². The Morgan fingerprint density at radius 3 is 2.80 bits per heavy atom. The number of aromatic amines is 1. The molecule has 30 heavy (non-hydrogen) atoms. The highest BCUT2D eigenvalue weighted by Gasteiger charge is 2.20. The zero-order chi connectivity index (χ0) is 21.7. The molecule has 160 valence electrons. The minimum absolute atomic E-state index is 0.212. The molecular formula is C18H22N6O4S2. The first kappa shape index (κ1) is 21.7. The zero-order valence-corrected chi connectivity index (χ0v) is 18.3. The number of anilines is 2. The van der Waals surface area contributed by atoms with Gasteiger partial charge in [-0.25, -0.2) is 18.2 Å². The largest absolute Gasteiger partial charge is 0.491 e. The summed E-state index contributed by atoms with van der Waals surface area (Å²) in [4.78, 5) is 19.4. The van der Waals surface area contributed by atoms with E-state index >= 15 is 0 Å². The van der Waals surface area contributed by atoms with Gasteiger partial charge in [0, 0.05) is 11.1 Å². The molecule has 2 heterocycles. The molecule has 10 nitrogen and oxygen atoms in total. The van der Waals surface area contributed by atoms with E-state index in [9.17, 15) is 13.2 Å². The number of nitrogens with zero attached hydrogens (tertiary/aromatic N) is 3. The normalized spacial score (nSPS) is 11.5. The topological polar surface area (TPSA) is 139 Å². The monoisotopic (exact) mass is 450 g/mol. The average molecular weight is 451 g/mol. The third-order valence-electron chi connectivity index (χ3n) is 3.75. The molecule has 0 saturated heterocycles. The summed E-state index contributed by atoms with van der Waals surface area (Å²) in [7, 11) is -3.66. The van der Waals surface area contributed by atoms with Crippen LogP contribution in [0.4, 0.5) is 15.6 Å². The van der Waals surface area contributed by atoms with Crippen molar-refractivity contribution in [3.63, 3.8) is 0 Å². The van der Waals surface area contributed by atoms with Crippen LogP contribution in [0.5, 0.6) is 5.75 Å². The molecule has 0 atom stereocenters. The Bertz CT molecular complexity index is 1110. The third kappa shape index (κ3) is 5.76. The second kappa shape index (κ2) is 9.22. The molecule has 0 unspecified atom stereocenters. The number of thiazole rings is 1. The van der Waals surface area contributed by atoms with Gasteiger partial charge in [-0.1, -0.05) is 19.9 Å². The van der Waals surface area contributed by atoms with Gasteiger partial charge in [0.15, 0.2) is 5.13 Å². The Morgan fingerprint density at radius 2 is 2.10 bits per heavy atom. The van der Waals surface area contributed by atoms with Crippen LogP contribution in [0.25, 0.3) is 0 Å². The van der Waals surface area contributed by atoms with Crippen molar-refractivity contribution >= 4 is 38.0 Å². The predicted octanol–water partition coefficient (Wildman–Crippen LogP) is 3.22. The van der Waals surface area contributed by atoms with E-state index in [0.29, 0.717) is 28.8 Å². The summed E-state index contributed by atoms with van der Waals surface area (Å²) in [5.74, 6) is 0.625. The number of carbonyl (C=O) groups is 1. The number of ether oxygens (including phenoxy) is 1. The Kier molecular flexibility index (Phi) is 6.67. The maximum atomic E-state index is 12.4. The van der Waals surface area contributed by atoms with Crippen molar-refractivity contribution in [3.05, 3.63) is 41.2 Å². The van der Waals surface area contributed by atoms with Crippen LogP contribution in [0.3, 0.4) is 0 Å². The second-order valence-electron chi connectivity index (χ2n) is 6.97. The van der Waals surface area contributed by atoms with Gasteiger partial charge in [0.2, 0.25) is 15.0 Å². The van der Waals surface area contributed by atoms with Crippen molar-refractivity contribution in [2.24, 2.45) is 5.92 Å². The summed E-state index contributed by atoms with van der Waals surface area (Å²) in [6.07, 6.45) is 2.60. The summed E-state index contributed by atoms with van der Waals surface area (Å²) in [5.41, 5.74) is 1.54. The minimum atomic E-state index is -3.66. The summed E-state index contributed by atoms with van der Waals surface area (Å²) in [5, 5.41) is 12.4. The molecule has 3 aromatic rings. The van der Waals surface area contributed by atoms with Crippen molar-refractivity contribution in [1.82, 2.24) is 20.2 Å². The quantitative estimate of drug-likeness (QED) is 0.479. The molecule has 0 bridgehead atoms. The van der Waals surface area contributed by atoms with Crippen molar-refractivity contribution < 1.29 is 17.9 Å². The van der Waals surface area contributed by atoms with E-state index in [2.05, 4.69) is 30.8 Å². The smallest absolute Gasteiger partial charge is 0.325 e. The predicted molar refractivity (Wildman–Crippen MR) is 114 cm³/mol. The summed E-state index contributed by atoms with van der Waals surface area (Å²) < 4.78 is 30.3. The lowest BCUT2D eigenvalue weighted by atomic mass is 10.2. The van der Waals surface area contributed by atoms with Gasteiger partial charge in [-0.05, 0) is 30.5 Å². The first-order valence-corrected chi connectivity index (χ1v) is 11.5. The van der Waals surface area contributed by atoms with Crippen LogP contribution in [0.1, 0.15) is 24.3 Å². The number of hydrogen-bond donors (Lipinski definition) is 3. The number of carbonyl (C=O) groups excluding carboxylic acids is 1. The van der Waals surface area contributed by atoms with E-state index in [4.69, 9.17) is 4.74 Å². The van der Waals surface area contributed by atoms with Gasteiger partial charge < -0.3 is 15.0 Å². The lowest BCUT2D eigenvalue weighted by molar-refractivity contribution is 0.260. The van der Waals surface area contributed by atoms with Crippen LogP contribution < -0.4 is 15.4 Å². The molecule has 0 saturated carbocycles. The van der Waals surface area contributed by atoms with E-state index in [0.717, 1.165) is 16.9 Å². The number of aromatic nitrogens is 4. The molecule has 2 aromatic heterocycles. The number of benzene rings is 1. The van der Waals surface area contributed by atoms with Gasteiger partial charge in [-0.15, -0.1) is 21.5 Å². The Labute approximate surface area is 178 Å². The van der Waals surface area contributed by atoms with E-state index in [-0.39, 0.29) is 16.0 Å². The van der Waals surface area contributed by atoms with E-state index in [1.54, 1.807) is 6.07 Å². The molecule has 12 heteroatoms. The van der Waals surface area contributed by atoms with Crippen molar-refractivity contribution in [2.75, 3.05) is 17.2 Å². The average Bonchev–Trinajstić information content (AvgIpc) is 3.34. The van der Waals surface area contributed by atoms with Crippen LogP contribution in [0, 0.1) is 12.8 Å². The fourth-order valence-electron chi connectivity index (χ4n) is 2.39. The number of nitrogens with one attached hydrogen (secondary N) is 3. The summed E-state index contributed by atoms with van der Waals surface area (Å²) in [6.45, 7) is 6.54. The number of sulfone groups is 1. The van der Waals surface area contributed by atoms with Crippen LogP contribution in [-0.2, 0) is 15.6 Å². The molecule has 0 spiro atoms. The summed E-state index contributed by atoms with van der Waals surface area (Å²) >= 11 is 1.06. The molecule has 2 amide bonds. The van der Waals surface area contributed by atoms with Crippen molar-refractivity contribution in [3.8, 4) is 5.75 Å². The fraction of sp³-hybridized carbons (Fsp3) is 0.333. The number of hydrogen-bond acceptors (Lipinski definition) is 8. The van der Waals surface area contributed by atoms with Gasteiger partial charge >= 0.3 is 6.03 Å². The highest BCUT2D eigenvalue weighted by molar-refractivity contribution is 7.90. The molecule has 3 N–H and O–H groups in total. The van der Waals surface area contributed by atoms with Gasteiger partial charge in [0.1, 0.15) is 12.1 Å². The third-order valence-corrected chi connectivity index (χ3v) is 6.33. The zero-order valence-electron chi connectivity index (χ0n) is 16.7. The number of amides is 2. The van der Waals surface area contributed by atoms with E-state index in [1.165, 1.54) is 12.5 Å².